The molecule has 0 unspecified atom stereocenters. The third kappa shape index (κ3) is 2.35. The van der Waals surface area contributed by atoms with E-state index in [4.69, 9.17) is 0 Å². The van der Waals surface area contributed by atoms with Crippen molar-refractivity contribution in [2.45, 2.75) is 13.8 Å². The molecule has 13 heavy (non-hydrogen) atoms. The van der Waals surface area contributed by atoms with Crippen molar-refractivity contribution < 1.29 is 0 Å². The number of anilines is 1. The van der Waals surface area contributed by atoms with Gasteiger partial charge in [0, 0.05) is 19.8 Å². The average Bonchev–Trinajstić information content (AvgIpc) is 2.17. The van der Waals surface area contributed by atoms with Crippen LogP contribution < -0.4 is 4.90 Å². The molecule has 0 aliphatic heterocycles. The van der Waals surface area contributed by atoms with E-state index >= 15 is 0 Å². The Labute approximate surface area is 80.7 Å². The van der Waals surface area contributed by atoms with Crippen LogP contribution in [0.3, 0.4) is 0 Å². The van der Waals surface area contributed by atoms with Crippen molar-refractivity contribution in [3.05, 3.63) is 35.9 Å². The second kappa shape index (κ2) is 4.13. The summed E-state index contributed by atoms with van der Waals surface area (Å²) in [7, 11) is 4.12. The second-order valence-electron chi connectivity index (χ2n) is 3.42. The van der Waals surface area contributed by atoms with Gasteiger partial charge in [0.15, 0.2) is 0 Å². The third-order valence-corrected chi connectivity index (χ3v) is 2.25. The van der Waals surface area contributed by atoms with E-state index in [1.165, 1.54) is 16.8 Å². The molecular weight excluding hydrogens is 158 g/mol. The Bertz CT molecular complexity index is 311. The Hall–Kier alpha value is -1.24. The zero-order chi connectivity index (χ0) is 9.84. The molecule has 0 aromatic heterocycles. The van der Waals surface area contributed by atoms with Crippen LogP contribution in [0.2, 0.25) is 0 Å². The first kappa shape index (κ1) is 9.85. The summed E-state index contributed by atoms with van der Waals surface area (Å²) < 4.78 is 0. The van der Waals surface area contributed by atoms with Crippen LogP contribution in [0.1, 0.15) is 19.4 Å². The van der Waals surface area contributed by atoms with Crippen LogP contribution in [-0.2, 0) is 0 Å². The van der Waals surface area contributed by atoms with Gasteiger partial charge in [0.1, 0.15) is 0 Å². The molecule has 0 radical (unpaired) electrons. The van der Waals surface area contributed by atoms with E-state index in [9.17, 15) is 0 Å². The molecule has 0 aliphatic rings. The lowest BCUT2D eigenvalue weighted by molar-refractivity contribution is 1.13. The monoisotopic (exact) mass is 175 g/mol. The first-order valence-electron chi connectivity index (χ1n) is 4.56. The minimum Gasteiger partial charge on any atom is -0.378 e. The maximum absolute atomic E-state index is 2.20. The van der Waals surface area contributed by atoms with Crippen LogP contribution in [0.15, 0.2) is 30.3 Å². The van der Waals surface area contributed by atoms with Crippen LogP contribution >= 0.6 is 0 Å². The molecule has 0 N–H and O–H groups in total. The van der Waals surface area contributed by atoms with Crippen molar-refractivity contribution in [1.82, 2.24) is 0 Å². The number of benzene rings is 1. The van der Waals surface area contributed by atoms with Crippen molar-refractivity contribution in [2.24, 2.45) is 0 Å². The predicted octanol–water partition coefficient (Wildman–Crippen LogP) is 3.18. The Morgan fingerprint density at radius 3 is 2.54 bits per heavy atom. The predicted molar refractivity (Wildman–Crippen MR) is 60.1 cm³/mol. The van der Waals surface area contributed by atoms with Crippen molar-refractivity contribution in [2.75, 3.05) is 19.0 Å². The van der Waals surface area contributed by atoms with Gasteiger partial charge in [-0.25, -0.2) is 0 Å². The third-order valence-electron chi connectivity index (χ3n) is 2.25. The Kier molecular flexibility index (Phi) is 3.13. The van der Waals surface area contributed by atoms with Crippen LogP contribution in [0, 0.1) is 0 Å². The highest BCUT2D eigenvalue weighted by Gasteiger charge is 1.97. The molecule has 0 atom stereocenters. The van der Waals surface area contributed by atoms with E-state index in [2.05, 4.69) is 63.2 Å². The lowest BCUT2D eigenvalue weighted by Gasteiger charge is -2.13. The van der Waals surface area contributed by atoms with Gasteiger partial charge in [-0.1, -0.05) is 18.2 Å². The van der Waals surface area contributed by atoms with E-state index in [0.29, 0.717) is 0 Å². The molecule has 1 aromatic rings. The fourth-order valence-corrected chi connectivity index (χ4v) is 1.20. The van der Waals surface area contributed by atoms with Gasteiger partial charge >= 0.3 is 0 Å². The topological polar surface area (TPSA) is 3.24 Å². The summed E-state index contributed by atoms with van der Waals surface area (Å²) in [4.78, 5) is 2.12. The summed E-state index contributed by atoms with van der Waals surface area (Å²) in [6.07, 6.45) is 2.13. The zero-order valence-electron chi connectivity index (χ0n) is 8.83. The normalized spacial score (nSPS) is 11.5. The molecule has 0 heterocycles. The molecule has 1 heteroatoms. The minimum atomic E-state index is 1.25. The number of rotatable bonds is 2. The average molecular weight is 175 g/mol. The lowest BCUT2D eigenvalue weighted by Crippen LogP contribution is -2.08. The zero-order valence-corrected chi connectivity index (χ0v) is 8.83. The molecule has 0 spiro atoms. The second-order valence-corrected chi connectivity index (χ2v) is 3.42. The fraction of sp³-hybridized carbons (Fsp3) is 0.333. The van der Waals surface area contributed by atoms with E-state index < -0.39 is 0 Å². The Balaban J connectivity index is 3.05. The van der Waals surface area contributed by atoms with Gasteiger partial charge in [0.2, 0.25) is 0 Å². The van der Waals surface area contributed by atoms with Crippen LogP contribution in [0.25, 0.3) is 5.57 Å². The maximum Gasteiger partial charge on any atom is 0.0367 e. The van der Waals surface area contributed by atoms with Crippen LogP contribution in [0.5, 0.6) is 0 Å². The Morgan fingerprint density at radius 1 is 1.31 bits per heavy atom. The first-order valence-corrected chi connectivity index (χ1v) is 4.56. The summed E-state index contributed by atoms with van der Waals surface area (Å²) in [6, 6.07) is 8.56. The van der Waals surface area contributed by atoms with Gasteiger partial charge in [-0.15, -0.1) is 0 Å². The molecule has 0 saturated heterocycles. The van der Waals surface area contributed by atoms with E-state index in [-0.39, 0.29) is 0 Å². The quantitative estimate of drug-likeness (QED) is 0.667. The highest BCUT2D eigenvalue weighted by atomic mass is 15.1. The molecule has 1 aromatic carbocycles. The standard InChI is InChI=1S/C12H17N/c1-5-10(2)11-7-6-8-12(9-11)13(3)4/h5-9H,1-4H3/b10-5+. The molecule has 0 aliphatic carbocycles. The maximum atomic E-state index is 2.20. The number of nitrogens with zero attached hydrogens (tertiary/aromatic N) is 1. The first-order chi connectivity index (χ1) is 6.15. The summed E-state index contributed by atoms with van der Waals surface area (Å²) in [6.45, 7) is 4.20. The molecule has 0 bridgehead atoms. The lowest BCUT2D eigenvalue weighted by atomic mass is 10.1. The summed E-state index contributed by atoms with van der Waals surface area (Å²) in [5.74, 6) is 0. The highest BCUT2D eigenvalue weighted by molar-refractivity contribution is 5.67. The molecule has 1 nitrogen and oxygen atoms in total. The minimum absolute atomic E-state index is 1.25. The Morgan fingerprint density at radius 2 is 2.00 bits per heavy atom. The molecular formula is C12H17N. The van der Waals surface area contributed by atoms with E-state index in [1.54, 1.807) is 0 Å². The smallest absolute Gasteiger partial charge is 0.0367 e. The summed E-state index contributed by atoms with van der Waals surface area (Å²) in [5.41, 5.74) is 3.87. The molecule has 0 fully saturated rings. The van der Waals surface area contributed by atoms with Gasteiger partial charge in [-0.05, 0) is 37.1 Å². The van der Waals surface area contributed by atoms with Crippen LogP contribution in [-0.4, -0.2) is 14.1 Å². The van der Waals surface area contributed by atoms with Gasteiger partial charge < -0.3 is 4.90 Å². The molecule has 70 valence electrons. The number of hydrogen-bond donors (Lipinski definition) is 0. The molecule has 1 rings (SSSR count). The van der Waals surface area contributed by atoms with Crippen molar-refractivity contribution in [3.8, 4) is 0 Å². The van der Waals surface area contributed by atoms with Crippen molar-refractivity contribution >= 4 is 11.3 Å². The highest BCUT2D eigenvalue weighted by Crippen LogP contribution is 2.19. The molecule has 0 amide bonds. The van der Waals surface area contributed by atoms with Gasteiger partial charge in [-0.2, -0.15) is 0 Å². The van der Waals surface area contributed by atoms with E-state index in [1.807, 2.05) is 0 Å². The van der Waals surface area contributed by atoms with Gasteiger partial charge in [-0.3, -0.25) is 0 Å². The summed E-state index contributed by atoms with van der Waals surface area (Å²) >= 11 is 0. The van der Waals surface area contributed by atoms with Crippen LogP contribution in [0.4, 0.5) is 5.69 Å². The van der Waals surface area contributed by atoms with E-state index in [0.717, 1.165) is 0 Å². The van der Waals surface area contributed by atoms with Crippen molar-refractivity contribution in [3.63, 3.8) is 0 Å². The van der Waals surface area contributed by atoms with Gasteiger partial charge in [0.05, 0.1) is 0 Å². The molecule has 0 saturated carbocycles. The number of allylic oxidation sites excluding steroid dienone is 2. The largest absolute Gasteiger partial charge is 0.378 e. The SMILES string of the molecule is C/C=C(\C)c1cccc(N(C)C)c1. The summed E-state index contributed by atoms with van der Waals surface area (Å²) in [5, 5.41) is 0. The fourth-order valence-electron chi connectivity index (χ4n) is 1.20. The number of hydrogen-bond acceptors (Lipinski definition) is 1. The van der Waals surface area contributed by atoms with Crippen molar-refractivity contribution in [1.29, 1.82) is 0 Å². The van der Waals surface area contributed by atoms with Gasteiger partial charge in [0.25, 0.3) is 0 Å².